The van der Waals surface area contributed by atoms with Crippen LogP contribution in [0.25, 0.3) is 0 Å². The molecule has 0 spiro atoms. The Morgan fingerprint density at radius 1 is 1.14 bits per heavy atom. The van der Waals surface area contributed by atoms with Gasteiger partial charge in [0.05, 0.1) is 21.4 Å². The highest BCUT2D eigenvalue weighted by molar-refractivity contribution is 9.10. The molecule has 0 radical (unpaired) electrons. The van der Waals surface area contributed by atoms with Crippen molar-refractivity contribution in [3.63, 3.8) is 0 Å². The van der Waals surface area contributed by atoms with Crippen molar-refractivity contribution in [1.29, 1.82) is 0 Å². The number of nitrogen functional groups attached to an aromatic ring is 1. The lowest BCUT2D eigenvalue weighted by Gasteiger charge is -2.06. The molecule has 2 N–H and O–H groups in total. The molecule has 21 heavy (non-hydrogen) atoms. The van der Waals surface area contributed by atoms with Crippen LogP contribution in [0.5, 0.6) is 0 Å². The summed E-state index contributed by atoms with van der Waals surface area (Å²) in [5.41, 5.74) is 6.15. The van der Waals surface area contributed by atoms with Gasteiger partial charge in [0.25, 0.3) is 0 Å². The standard InChI is InChI=1S/C14H13BrClNO2S2/c15-10-1-4-12(5-2-10)21(18,19)8-7-20-11-3-6-14(17)13(16)9-11/h1-6,9H,7-8,17H2. The van der Waals surface area contributed by atoms with E-state index in [2.05, 4.69) is 15.9 Å². The van der Waals surface area contributed by atoms with E-state index in [1.807, 2.05) is 6.07 Å². The third kappa shape index (κ3) is 4.64. The highest BCUT2D eigenvalue weighted by Gasteiger charge is 2.14. The van der Waals surface area contributed by atoms with Gasteiger partial charge in [-0.15, -0.1) is 11.8 Å². The summed E-state index contributed by atoms with van der Waals surface area (Å²) in [6, 6.07) is 11.9. The molecule has 2 rings (SSSR count). The zero-order valence-corrected chi connectivity index (χ0v) is 14.9. The zero-order chi connectivity index (χ0) is 15.5. The van der Waals surface area contributed by atoms with Gasteiger partial charge in [-0.1, -0.05) is 27.5 Å². The maximum absolute atomic E-state index is 12.2. The Balaban J connectivity index is 1.98. The minimum Gasteiger partial charge on any atom is -0.398 e. The Bertz CT molecular complexity index is 733. The van der Waals surface area contributed by atoms with Crippen molar-refractivity contribution in [1.82, 2.24) is 0 Å². The Morgan fingerprint density at radius 3 is 2.43 bits per heavy atom. The fourth-order valence-corrected chi connectivity index (χ4v) is 4.73. The van der Waals surface area contributed by atoms with Crippen molar-refractivity contribution >= 4 is 54.8 Å². The zero-order valence-electron chi connectivity index (χ0n) is 10.9. The summed E-state index contributed by atoms with van der Waals surface area (Å²) in [6.45, 7) is 0. The second-order valence-electron chi connectivity index (χ2n) is 4.30. The van der Waals surface area contributed by atoms with Gasteiger partial charge in [0, 0.05) is 15.1 Å². The van der Waals surface area contributed by atoms with Gasteiger partial charge in [0.2, 0.25) is 0 Å². The van der Waals surface area contributed by atoms with E-state index in [1.165, 1.54) is 11.8 Å². The fourth-order valence-electron chi connectivity index (χ4n) is 1.63. The molecule has 2 aromatic carbocycles. The molecule has 0 aromatic heterocycles. The number of benzene rings is 2. The first kappa shape index (κ1) is 16.7. The second kappa shape index (κ2) is 7.05. The van der Waals surface area contributed by atoms with Gasteiger partial charge in [-0.25, -0.2) is 8.42 Å². The summed E-state index contributed by atoms with van der Waals surface area (Å²) < 4.78 is 25.2. The molecule has 0 aliphatic carbocycles. The molecule has 0 aliphatic heterocycles. The van der Waals surface area contributed by atoms with Crippen LogP contribution in [0.4, 0.5) is 5.69 Å². The first-order valence-electron chi connectivity index (χ1n) is 6.04. The first-order valence-corrected chi connectivity index (χ1v) is 9.85. The highest BCUT2D eigenvalue weighted by Crippen LogP contribution is 2.27. The van der Waals surface area contributed by atoms with Crippen LogP contribution in [0, 0.1) is 0 Å². The molecule has 0 aliphatic rings. The molecule has 0 unspecified atom stereocenters. The molecule has 0 saturated heterocycles. The Morgan fingerprint density at radius 2 is 1.81 bits per heavy atom. The summed E-state index contributed by atoms with van der Waals surface area (Å²) in [5.74, 6) is 0.528. The van der Waals surface area contributed by atoms with E-state index in [4.69, 9.17) is 17.3 Å². The second-order valence-corrected chi connectivity index (χ2v) is 8.90. The summed E-state index contributed by atoms with van der Waals surface area (Å²) in [4.78, 5) is 1.24. The van der Waals surface area contributed by atoms with Crippen LogP contribution in [0.3, 0.4) is 0 Å². The lowest BCUT2D eigenvalue weighted by atomic mass is 10.3. The van der Waals surface area contributed by atoms with Crippen LogP contribution in [0.2, 0.25) is 5.02 Å². The van der Waals surface area contributed by atoms with Gasteiger partial charge in [-0.2, -0.15) is 0 Å². The van der Waals surface area contributed by atoms with Gasteiger partial charge in [-0.3, -0.25) is 0 Å². The van der Waals surface area contributed by atoms with Crippen molar-refractivity contribution in [2.75, 3.05) is 17.2 Å². The average molecular weight is 407 g/mol. The van der Waals surface area contributed by atoms with Crippen LogP contribution in [0.15, 0.2) is 56.7 Å². The predicted molar refractivity (Wildman–Crippen MR) is 92.8 cm³/mol. The maximum Gasteiger partial charge on any atom is 0.179 e. The Kier molecular flexibility index (Phi) is 5.60. The largest absolute Gasteiger partial charge is 0.398 e. The Hall–Kier alpha value is -0.690. The average Bonchev–Trinajstić information content (AvgIpc) is 2.43. The molecule has 0 saturated carbocycles. The quantitative estimate of drug-likeness (QED) is 0.595. The molecular formula is C14H13BrClNO2S2. The van der Waals surface area contributed by atoms with E-state index in [1.54, 1.807) is 36.4 Å². The number of nitrogens with two attached hydrogens (primary N) is 1. The minimum absolute atomic E-state index is 0.0707. The first-order chi connectivity index (χ1) is 9.88. The molecule has 112 valence electrons. The van der Waals surface area contributed by atoms with Crippen LogP contribution in [0.1, 0.15) is 0 Å². The number of hydrogen-bond donors (Lipinski definition) is 1. The van der Waals surface area contributed by atoms with Crippen molar-refractivity contribution in [3.05, 3.63) is 52.0 Å². The van der Waals surface area contributed by atoms with E-state index < -0.39 is 9.84 Å². The number of sulfone groups is 1. The summed E-state index contributed by atoms with van der Waals surface area (Å²) in [7, 11) is -3.26. The molecule has 3 nitrogen and oxygen atoms in total. The fraction of sp³-hybridized carbons (Fsp3) is 0.143. The van der Waals surface area contributed by atoms with Gasteiger partial charge in [0.1, 0.15) is 0 Å². The third-order valence-corrected chi connectivity index (χ3v) is 6.61. The van der Waals surface area contributed by atoms with Crippen LogP contribution < -0.4 is 5.73 Å². The molecular weight excluding hydrogens is 394 g/mol. The molecule has 2 aromatic rings. The molecule has 0 fully saturated rings. The summed E-state index contributed by atoms with van der Waals surface area (Å²) in [5, 5.41) is 0.482. The number of thioether (sulfide) groups is 1. The number of anilines is 1. The Labute approximate surface area is 141 Å². The SMILES string of the molecule is Nc1ccc(SCCS(=O)(=O)c2ccc(Br)cc2)cc1Cl. The van der Waals surface area contributed by atoms with E-state index in [0.717, 1.165) is 9.37 Å². The number of rotatable bonds is 5. The van der Waals surface area contributed by atoms with E-state index in [0.29, 0.717) is 21.4 Å². The molecule has 0 atom stereocenters. The summed E-state index contributed by atoms with van der Waals surface area (Å²) >= 11 is 10.7. The van der Waals surface area contributed by atoms with E-state index in [-0.39, 0.29) is 5.75 Å². The minimum atomic E-state index is -3.26. The third-order valence-electron chi connectivity index (χ3n) is 2.77. The molecule has 0 bridgehead atoms. The van der Waals surface area contributed by atoms with Crippen LogP contribution >= 0.6 is 39.3 Å². The smallest absolute Gasteiger partial charge is 0.179 e. The van der Waals surface area contributed by atoms with Crippen LogP contribution in [-0.4, -0.2) is 19.9 Å². The van der Waals surface area contributed by atoms with E-state index in [9.17, 15) is 8.42 Å². The van der Waals surface area contributed by atoms with Crippen molar-refractivity contribution in [2.24, 2.45) is 0 Å². The predicted octanol–water partition coefficient (Wildman–Crippen LogP) is 4.25. The molecule has 0 amide bonds. The topological polar surface area (TPSA) is 60.2 Å². The normalized spacial score (nSPS) is 11.5. The van der Waals surface area contributed by atoms with Gasteiger partial charge < -0.3 is 5.73 Å². The molecule has 7 heteroatoms. The lowest BCUT2D eigenvalue weighted by Crippen LogP contribution is -2.08. The number of hydrogen-bond acceptors (Lipinski definition) is 4. The van der Waals surface area contributed by atoms with Crippen molar-refractivity contribution in [2.45, 2.75) is 9.79 Å². The summed E-state index contributed by atoms with van der Waals surface area (Å²) in [6.07, 6.45) is 0. The van der Waals surface area contributed by atoms with E-state index >= 15 is 0 Å². The van der Waals surface area contributed by atoms with Crippen LogP contribution in [-0.2, 0) is 9.84 Å². The number of halogens is 2. The van der Waals surface area contributed by atoms with Gasteiger partial charge in [0.15, 0.2) is 9.84 Å². The van der Waals surface area contributed by atoms with Crippen molar-refractivity contribution < 1.29 is 8.42 Å². The van der Waals surface area contributed by atoms with Gasteiger partial charge >= 0.3 is 0 Å². The molecule has 0 heterocycles. The highest BCUT2D eigenvalue weighted by atomic mass is 79.9. The van der Waals surface area contributed by atoms with Gasteiger partial charge in [-0.05, 0) is 42.5 Å². The monoisotopic (exact) mass is 405 g/mol. The van der Waals surface area contributed by atoms with Crippen molar-refractivity contribution in [3.8, 4) is 0 Å². The maximum atomic E-state index is 12.2. The lowest BCUT2D eigenvalue weighted by molar-refractivity contribution is 0.597.